The van der Waals surface area contributed by atoms with Gasteiger partial charge in [0.1, 0.15) is 0 Å². The molecule has 0 heterocycles. The summed E-state index contributed by atoms with van der Waals surface area (Å²) in [5.74, 6) is -0.655. The number of hydrogen-bond acceptors (Lipinski definition) is 3. The molecule has 1 rings (SSSR count). The van der Waals surface area contributed by atoms with Gasteiger partial charge < -0.3 is 5.11 Å². The van der Waals surface area contributed by atoms with Crippen molar-refractivity contribution in [2.75, 3.05) is 5.75 Å². The Kier molecular flexibility index (Phi) is 5.05. The van der Waals surface area contributed by atoms with Crippen molar-refractivity contribution < 1.29 is 9.90 Å². The Morgan fingerprint density at radius 2 is 1.80 bits per heavy atom. The Morgan fingerprint density at radius 3 is 2.27 bits per heavy atom. The molecule has 0 spiro atoms. The molecule has 0 amide bonds. The minimum Gasteiger partial charge on any atom is -0.481 e. The Morgan fingerprint density at radius 1 is 1.27 bits per heavy atom. The van der Waals surface area contributed by atoms with Crippen molar-refractivity contribution in [1.29, 1.82) is 0 Å². The number of benzene rings is 1. The van der Waals surface area contributed by atoms with Crippen LogP contribution < -0.4 is 0 Å². The monoisotopic (exact) mass is 242 g/mol. The maximum absolute atomic E-state index is 10.4. The van der Waals surface area contributed by atoms with Crippen molar-refractivity contribution in [2.45, 2.75) is 28.9 Å². The summed E-state index contributed by atoms with van der Waals surface area (Å²) < 4.78 is 0. The smallest absolute Gasteiger partial charge is 0.313 e. The van der Waals surface area contributed by atoms with Crippen molar-refractivity contribution >= 4 is 29.5 Å². The van der Waals surface area contributed by atoms with Crippen LogP contribution in [0.2, 0.25) is 0 Å². The van der Waals surface area contributed by atoms with Gasteiger partial charge in [-0.2, -0.15) is 0 Å². The molecule has 0 bridgehead atoms. The van der Waals surface area contributed by atoms with Crippen LogP contribution >= 0.6 is 23.5 Å². The Bertz CT molecular complexity index is 320. The first-order chi connectivity index (χ1) is 7.08. The first-order valence-corrected chi connectivity index (χ1v) is 6.56. The van der Waals surface area contributed by atoms with Crippen molar-refractivity contribution in [1.82, 2.24) is 0 Å². The molecular weight excluding hydrogens is 228 g/mol. The van der Waals surface area contributed by atoms with E-state index < -0.39 is 5.97 Å². The van der Waals surface area contributed by atoms with Gasteiger partial charge in [0.15, 0.2) is 0 Å². The Labute approximate surface area is 98.5 Å². The predicted octanol–water partition coefficient (Wildman–Crippen LogP) is 3.36. The molecule has 1 N–H and O–H groups in total. The maximum atomic E-state index is 10.4. The molecule has 0 aliphatic carbocycles. The molecule has 0 saturated heterocycles. The number of rotatable bonds is 5. The standard InChI is InChI=1S/C11H14O2S2/c1-8(2)15-10-5-3-9(4-6-10)14-7-11(12)13/h3-6,8H,7H2,1-2H3,(H,12,13). The maximum Gasteiger partial charge on any atom is 0.313 e. The van der Waals surface area contributed by atoms with Gasteiger partial charge in [-0.15, -0.1) is 23.5 Å². The normalized spacial score (nSPS) is 10.6. The molecule has 82 valence electrons. The van der Waals surface area contributed by atoms with Gasteiger partial charge in [-0.25, -0.2) is 0 Å². The molecule has 1 aromatic rings. The van der Waals surface area contributed by atoms with Crippen molar-refractivity contribution in [3.63, 3.8) is 0 Å². The largest absolute Gasteiger partial charge is 0.481 e. The first-order valence-electron chi connectivity index (χ1n) is 4.69. The highest BCUT2D eigenvalue weighted by atomic mass is 32.2. The Hall–Kier alpha value is -0.610. The van der Waals surface area contributed by atoms with E-state index in [1.54, 1.807) is 11.8 Å². The third kappa shape index (κ3) is 5.14. The van der Waals surface area contributed by atoms with E-state index in [1.807, 2.05) is 24.3 Å². The van der Waals surface area contributed by atoms with Gasteiger partial charge in [0.05, 0.1) is 5.75 Å². The zero-order valence-corrected chi connectivity index (χ0v) is 10.4. The van der Waals surface area contributed by atoms with E-state index >= 15 is 0 Å². The van der Waals surface area contributed by atoms with Gasteiger partial charge in [-0.05, 0) is 24.3 Å². The van der Waals surface area contributed by atoms with Crippen LogP contribution in [0.3, 0.4) is 0 Å². The van der Waals surface area contributed by atoms with Crippen molar-refractivity contribution in [2.24, 2.45) is 0 Å². The van der Waals surface area contributed by atoms with E-state index in [0.717, 1.165) is 4.90 Å². The molecule has 0 aromatic heterocycles. The molecule has 0 aliphatic heterocycles. The quantitative estimate of drug-likeness (QED) is 0.803. The second-order valence-electron chi connectivity index (χ2n) is 3.32. The molecule has 0 fully saturated rings. The van der Waals surface area contributed by atoms with Gasteiger partial charge in [0.25, 0.3) is 0 Å². The van der Waals surface area contributed by atoms with E-state index in [4.69, 9.17) is 5.11 Å². The predicted molar refractivity (Wildman–Crippen MR) is 65.8 cm³/mol. The number of carboxylic acid groups (broad SMARTS) is 1. The van der Waals surface area contributed by atoms with Crippen LogP contribution in [-0.4, -0.2) is 22.1 Å². The van der Waals surface area contributed by atoms with E-state index in [-0.39, 0.29) is 5.75 Å². The van der Waals surface area contributed by atoms with Crippen LogP contribution in [0.5, 0.6) is 0 Å². The fourth-order valence-electron chi connectivity index (χ4n) is 1.03. The molecule has 0 unspecified atom stereocenters. The zero-order valence-electron chi connectivity index (χ0n) is 8.77. The molecule has 2 nitrogen and oxygen atoms in total. The molecule has 0 saturated carbocycles. The van der Waals surface area contributed by atoms with Crippen LogP contribution in [0.25, 0.3) is 0 Å². The topological polar surface area (TPSA) is 37.3 Å². The van der Waals surface area contributed by atoms with Crippen molar-refractivity contribution in [3.05, 3.63) is 24.3 Å². The summed E-state index contributed by atoms with van der Waals surface area (Å²) in [5.41, 5.74) is 0. The summed E-state index contributed by atoms with van der Waals surface area (Å²) in [7, 11) is 0. The molecule has 15 heavy (non-hydrogen) atoms. The fourth-order valence-corrected chi connectivity index (χ4v) is 2.49. The molecule has 0 atom stereocenters. The third-order valence-corrected chi connectivity index (χ3v) is 3.57. The second kappa shape index (κ2) is 6.08. The second-order valence-corrected chi connectivity index (χ2v) is 6.02. The highest BCUT2D eigenvalue weighted by Gasteiger charge is 2.01. The van der Waals surface area contributed by atoms with Gasteiger partial charge >= 0.3 is 5.97 Å². The lowest BCUT2D eigenvalue weighted by Gasteiger charge is -2.05. The summed E-state index contributed by atoms with van der Waals surface area (Å²) in [4.78, 5) is 12.6. The van der Waals surface area contributed by atoms with Crippen LogP contribution in [0, 0.1) is 0 Å². The van der Waals surface area contributed by atoms with E-state index in [9.17, 15) is 4.79 Å². The van der Waals surface area contributed by atoms with Crippen LogP contribution in [0.4, 0.5) is 0 Å². The van der Waals surface area contributed by atoms with Gasteiger partial charge in [-0.3, -0.25) is 4.79 Å². The van der Waals surface area contributed by atoms with Crippen LogP contribution in [0.15, 0.2) is 34.1 Å². The SMILES string of the molecule is CC(C)Sc1ccc(SCC(=O)O)cc1. The number of carbonyl (C=O) groups is 1. The number of carboxylic acids is 1. The van der Waals surface area contributed by atoms with Crippen molar-refractivity contribution in [3.8, 4) is 0 Å². The van der Waals surface area contributed by atoms with E-state index in [1.165, 1.54) is 16.7 Å². The lowest BCUT2D eigenvalue weighted by atomic mass is 10.4. The van der Waals surface area contributed by atoms with E-state index in [0.29, 0.717) is 5.25 Å². The number of hydrogen-bond donors (Lipinski definition) is 1. The lowest BCUT2D eigenvalue weighted by molar-refractivity contribution is -0.133. The average Bonchev–Trinajstić information content (AvgIpc) is 2.16. The van der Waals surface area contributed by atoms with Gasteiger partial charge in [0.2, 0.25) is 0 Å². The zero-order chi connectivity index (χ0) is 11.3. The van der Waals surface area contributed by atoms with Crippen LogP contribution in [-0.2, 0) is 4.79 Å². The highest BCUT2D eigenvalue weighted by Crippen LogP contribution is 2.25. The minimum atomic E-state index is -0.777. The molecular formula is C11H14O2S2. The minimum absolute atomic E-state index is 0.122. The number of aliphatic carboxylic acids is 1. The van der Waals surface area contributed by atoms with E-state index in [2.05, 4.69) is 13.8 Å². The average molecular weight is 242 g/mol. The molecule has 4 heteroatoms. The molecule has 0 radical (unpaired) electrons. The van der Waals surface area contributed by atoms with Gasteiger partial charge in [-0.1, -0.05) is 13.8 Å². The molecule has 0 aliphatic rings. The Balaban J connectivity index is 2.52. The fraction of sp³-hybridized carbons (Fsp3) is 0.364. The summed E-state index contributed by atoms with van der Waals surface area (Å²) in [6.45, 7) is 4.30. The van der Waals surface area contributed by atoms with Crippen LogP contribution in [0.1, 0.15) is 13.8 Å². The summed E-state index contributed by atoms with van der Waals surface area (Å²) >= 11 is 3.15. The summed E-state index contributed by atoms with van der Waals surface area (Å²) in [6, 6.07) is 8.01. The lowest BCUT2D eigenvalue weighted by Crippen LogP contribution is -1.97. The summed E-state index contributed by atoms with van der Waals surface area (Å²) in [6.07, 6.45) is 0. The van der Waals surface area contributed by atoms with Gasteiger partial charge in [0, 0.05) is 15.0 Å². The third-order valence-electron chi connectivity index (χ3n) is 1.56. The number of thioether (sulfide) groups is 2. The molecule has 1 aromatic carbocycles. The highest BCUT2D eigenvalue weighted by molar-refractivity contribution is 8.00. The summed E-state index contributed by atoms with van der Waals surface area (Å²) in [5, 5.41) is 9.10. The first kappa shape index (κ1) is 12.5.